The number of halogens is 2. The summed E-state index contributed by atoms with van der Waals surface area (Å²) in [6, 6.07) is 10.8. The summed E-state index contributed by atoms with van der Waals surface area (Å²) in [4.78, 5) is 12.9. The number of hydrogen-bond donors (Lipinski definition) is 2. The number of amides is 1. The topological polar surface area (TPSA) is 70.9 Å². The second-order valence-corrected chi connectivity index (χ2v) is 8.25. The molecule has 2 aromatic carbocycles. The molecule has 1 aliphatic rings. The standard InChI is InChI=1S/C18H19F2N3O3S/c19-14-4-3-5-15(12-14)27(25,26)23-10-8-22(9-11-23)13-18(24)21-17-7-2-1-6-16(17)20/h1-7,12H,8-11,13H2,(H,21,24)/p+1. The molecule has 0 aromatic heterocycles. The van der Waals surface area contributed by atoms with Crippen LogP contribution in [0.1, 0.15) is 0 Å². The lowest BCUT2D eigenvalue weighted by Gasteiger charge is -2.31. The minimum absolute atomic E-state index is 0.0803. The second kappa shape index (κ2) is 8.12. The van der Waals surface area contributed by atoms with Crippen molar-refractivity contribution in [3.05, 3.63) is 60.2 Å². The Kier molecular flexibility index (Phi) is 5.83. The average molecular weight is 396 g/mol. The maximum absolute atomic E-state index is 13.6. The van der Waals surface area contributed by atoms with E-state index in [2.05, 4.69) is 5.32 Å². The van der Waals surface area contributed by atoms with Gasteiger partial charge in [-0.3, -0.25) is 4.79 Å². The summed E-state index contributed by atoms with van der Waals surface area (Å²) in [6.07, 6.45) is 0. The minimum atomic E-state index is -3.76. The summed E-state index contributed by atoms with van der Waals surface area (Å²) in [6.45, 7) is 1.42. The monoisotopic (exact) mass is 396 g/mol. The molecule has 6 nitrogen and oxygen atoms in total. The minimum Gasteiger partial charge on any atom is -0.325 e. The third-order valence-electron chi connectivity index (χ3n) is 4.42. The van der Waals surface area contributed by atoms with Gasteiger partial charge in [0.1, 0.15) is 11.6 Å². The Bertz CT molecular complexity index is 929. The van der Waals surface area contributed by atoms with Crippen LogP contribution in [0.4, 0.5) is 14.5 Å². The van der Waals surface area contributed by atoms with Crippen molar-refractivity contribution in [2.24, 2.45) is 0 Å². The average Bonchev–Trinajstić information content (AvgIpc) is 2.64. The van der Waals surface area contributed by atoms with Crippen molar-refractivity contribution >= 4 is 21.6 Å². The molecule has 2 aromatic rings. The van der Waals surface area contributed by atoms with Crippen molar-refractivity contribution in [3.63, 3.8) is 0 Å². The highest BCUT2D eigenvalue weighted by Gasteiger charge is 2.31. The van der Waals surface area contributed by atoms with Gasteiger partial charge < -0.3 is 10.2 Å². The predicted molar refractivity (Wildman–Crippen MR) is 95.8 cm³/mol. The number of hydrogen-bond acceptors (Lipinski definition) is 3. The van der Waals surface area contributed by atoms with Crippen LogP contribution < -0.4 is 10.2 Å². The van der Waals surface area contributed by atoms with E-state index in [9.17, 15) is 22.0 Å². The molecule has 1 aliphatic heterocycles. The van der Waals surface area contributed by atoms with Crippen molar-refractivity contribution in [2.45, 2.75) is 4.90 Å². The Labute approximate surface area is 156 Å². The lowest BCUT2D eigenvalue weighted by Crippen LogP contribution is -3.15. The molecule has 9 heteroatoms. The number of anilines is 1. The molecule has 1 heterocycles. The maximum atomic E-state index is 13.6. The molecule has 0 unspecified atom stereocenters. The number of benzene rings is 2. The zero-order valence-corrected chi connectivity index (χ0v) is 15.3. The number of nitrogens with one attached hydrogen (secondary N) is 2. The van der Waals surface area contributed by atoms with Crippen molar-refractivity contribution < 1.29 is 26.9 Å². The van der Waals surface area contributed by atoms with E-state index in [1.807, 2.05) is 0 Å². The highest BCUT2D eigenvalue weighted by Crippen LogP contribution is 2.16. The number of quaternary nitrogens is 1. The number of sulfonamides is 1. The molecular weight excluding hydrogens is 376 g/mol. The van der Waals surface area contributed by atoms with Crippen molar-refractivity contribution in [1.29, 1.82) is 0 Å². The van der Waals surface area contributed by atoms with Gasteiger partial charge in [0.2, 0.25) is 10.0 Å². The van der Waals surface area contributed by atoms with E-state index >= 15 is 0 Å². The molecule has 0 radical (unpaired) electrons. The fourth-order valence-corrected chi connectivity index (χ4v) is 4.45. The van der Waals surface area contributed by atoms with Gasteiger partial charge >= 0.3 is 0 Å². The first-order valence-electron chi connectivity index (χ1n) is 8.50. The Morgan fingerprint density at radius 3 is 2.44 bits per heavy atom. The number of carbonyl (C=O) groups excluding carboxylic acids is 1. The van der Waals surface area contributed by atoms with Crippen LogP contribution >= 0.6 is 0 Å². The van der Waals surface area contributed by atoms with Gasteiger partial charge in [-0.1, -0.05) is 18.2 Å². The summed E-state index contributed by atoms with van der Waals surface area (Å²) in [5.41, 5.74) is 0.120. The molecule has 144 valence electrons. The predicted octanol–water partition coefficient (Wildman–Crippen LogP) is 0.493. The molecule has 0 bridgehead atoms. The molecule has 0 spiro atoms. The summed E-state index contributed by atoms with van der Waals surface area (Å²) in [7, 11) is -3.76. The number of para-hydroxylation sites is 1. The van der Waals surface area contributed by atoms with Crippen LogP contribution in [0, 0.1) is 11.6 Å². The zero-order valence-electron chi connectivity index (χ0n) is 14.5. The van der Waals surface area contributed by atoms with Gasteiger partial charge in [-0.15, -0.1) is 0 Å². The number of piperazine rings is 1. The first kappa shape index (κ1) is 19.4. The van der Waals surface area contributed by atoms with Gasteiger partial charge in [0.25, 0.3) is 5.91 Å². The largest absolute Gasteiger partial charge is 0.325 e. The van der Waals surface area contributed by atoms with Crippen molar-refractivity contribution in [3.8, 4) is 0 Å². The second-order valence-electron chi connectivity index (χ2n) is 6.32. The molecule has 1 fully saturated rings. The van der Waals surface area contributed by atoms with Crippen LogP contribution in [-0.2, 0) is 14.8 Å². The van der Waals surface area contributed by atoms with Crippen LogP contribution in [0.2, 0.25) is 0 Å². The molecule has 0 aliphatic carbocycles. The van der Waals surface area contributed by atoms with E-state index in [-0.39, 0.29) is 36.1 Å². The SMILES string of the molecule is O=C(C[NH+]1CCN(S(=O)(=O)c2cccc(F)c2)CC1)Nc1ccccc1F. The summed E-state index contributed by atoms with van der Waals surface area (Å²) < 4.78 is 53.3. The van der Waals surface area contributed by atoms with E-state index in [1.54, 1.807) is 6.07 Å². The summed E-state index contributed by atoms with van der Waals surface area (Å²) in [5, 5.41) is 2.52. The number of rotatable bonds is 5. The van der Waals surface area contributed by atoms with Gasteiger partial charge in [-0.25, -0.2) is 17.2 Å². The van der Waals surface area contributed by atoms with E-state index in [1.165, 1.54) is 40.7 Å². The molecule has 1 saturated heterocycles. The van der Waals surface area contributed by atoms with Crippen LogP contribution in [0.15, 0.2) is 53.4 Å². The lowest BCUT2D eigenvalue weighted by molar-refractivity contribution is -0.895. The Morgan fingerprint density at radius 2 is 1.78 bits per heavy atom. The normalized spacial score (nSPS) is 16.2. The van der Waals surface area contributed by atoms with Crippen LogP contribution in [0.25, 0.3) is 0 Å². The van der Waals surface area contributed by atoms with E-state index < -0.39 is 21.7 Å². The van der Waals surface area contributed by atoms with Crippen LogP contribution in [0.3, 0.4) is 0 Å². The third-order valence-corrected chi connectivity index (χ3v) is 6.32. The summed E-state index contributed by atoms with van der Waals surface area (Å²) in [5.74, 6) is -1.45. The van der Waals surface area contributed by atoms with E-state index in [0.29, 0.717) is 13.1 Å². The van der Waals surface area contributed by atoms with Gasteiger partial charge in [0.05, 0.1) is 36.8 Å². The third kappa shape index (κ3) is 4.68. The Balaban J connectivity index is 1.56. The molecule has 2 N–H and O–H groups in total. The van der Waals surface area contributed by atoms with Gasteiger partial charge in [-0.05, 0) is 30.3 Å². The van der Waals surface area contributed by atoms with Crippen LogP contribution in [-0.4, -0.2) is 51.4 Å². The highest BCUT2D eigenvalue weighted by molar-refractivity contribution is 7.89. The smallest absolute Gasteiger partial charge is 0.279 e. The van der Waals surface area contributed by atoms with Crippen LogP contribution in [0.5, 0.6) is 0 Å². The first-order chi connectivity index (χ1) is 12.9. The lowest BCUT2D eigenvalue weighted by atomic mass is 10.3. The number of carbonyl (C=O) groups is 1. The summed E-state index contributed by atoms with van der Waals surface area (Å²) >= 11 is 0. The molecule has 1 amide bonds. The molecule has 27 heavy (non-hydrogen) atoms. The van der Waals surface area contributed by atoms with Crippen molar-refractivity contribution in [2.75, 3.05) is 38.0 Å². The quantitative estimate of drug-likeness (QED) is 0.773. The maximum Gasteiger partial charge on any atom is 0.279 e. The van der Waals surface area contributed by atoms with Crippen molar-refractivity contribution in [1.82, 2.24) is 4.31 Å². The van der Waals surface area contributed by atoms with E-state index in [4.69, 9.17) is 0 Å². The molecule has 0 saturated carbocycles. The fraction of sp³-hybridized carbons (Fsp3) is 0.278. The Hall–Kier alpha value is -2.36. The zero-order chi connectivity index (χ0) is 19.4. The first-order valence-corrected chi connectivity index (χ1v) is 9.94. The van der Waals surface area contributed by atoms with Gasteiger partial charge in [0.15, 0.2) is 6.54 Å². The fourth-order valence-electron chi connectivity index (χ4n) is 2.98. The number of nitrogens with zero attached hydrogens (tertiary/aromatic N) is 1. The Morgan fingerprint density at radius 1 is 1.07 bits per heavy atom. The van der Waals surface area contributed by atoms with Gasteiger partial charge in [0, 0.05) is 0 Å². The molecule has 0 atom stereocenters. The molecule has 3 rings (SSSR count). The molecular formula is C18H20F2N3O3S+. The highest BCUT2D eigenvalue weighted by atomic mass is 32.2. The van der Waals surface area contributed by atoms with E-state index in [0.717, 1.165) is 11.0 Å². The van der Waals surface area contributed by atoms with Gasteiger partial charge in [-0.2, -0.15) is 4.31 Å².